The minimum Gasteiger partial charge on any atom is -0.118 e. The third-order valence-corrected chi connectivity index (χ3v) is 0.478. The van der Waals surface area contributed by atoms with Gasteiger partial charge in [-0.3, -0.25) is 0 Å². The summed E-state index contributed by atoms with van der Waals surface area (Å²) in [6.07, 6.45) is 16.1. The van der Waals surface area contributed by atoms with Gasteiger partial charge in [-0.2, -0.15) is 0 Å². The van der Waals surface area contributed by atoms with E-state index in [1.807, 2.05) is 5.92 Å². The van der Waals surface area contributed by atoms with Gasteiger partial charge < -0.3 is 0 Å². The molecule has 0 amide bonds. The predicted octanol–water partition coefficient (Wildman–Crippen LogP) is 0.459. The van der Waals surface area contributed by atoms with E-state index in [1.165, 1.54) is 0 Å². The van der Waals surface area contributed by atoms with Crippen LogP contribution in [0, 0.1) is 42.9 Å². The molecule has 31 valence electrons. The lowest BCUT2D eigenvalue weighted by Gasteiger charge is -1.80. The molecule has 0 aromatic carbocycles. The summed E-state index contributed by atoms with van der Waals surface area (Å²) in [6.45, 7) is 0. The number of hydrogen-bond acceptors (Lipinski definition) is 0. The van der Waals surface area contributed by atoms with Crippen LogP contribution >= 0.6 is 0 Å². The van der Waals surface area contributed by atoms with Gasteiger partial charge in [0.2, 0.25) is 0 Å². The zero-order valence-corrected chi connectivity index (χ0v) is 3.73. The Bertz CT molecular complexity index is 123. The lowest BCUT2D eigenvalue weighted by atomic mass is 10.2. The minimum absolute atomic E-state index is 0.542. The first-order valence-electron chi connectivity index (χ1n) is 1.69. The summed E-state index contributed by atoms with van der Waals surface area (Å²) in [5.41, 5.74) is 0. The maximum atomic E-state index is 6.42. The van der Waals surface area contributed by atoms with Gasteiger partial charge in [0, 0.05) is 0 Å². The minimum atomic E-state index is -0.542. The van der Waals surface area contributed by atoms with Crippen LogP contribution in [0.25, 0.3) is 0 Å². The van der Waals surface area contributed by atoms with E-state index < -0.39 is 5.92 Å². The molecule has 0 saturated carbocycles. The van der Waals surface area contributed by atoms with Gasteiger partial charge in [0.1, 0.15) is 5.92 Å². The number of hydrogen-bond donors (Lipinski definition) is 0. The van der Waals surface area contributed by atoms with E-state index in [2.05, 4.69) is 11.8 Å². The van der Waals surface area contributed by atoms with Crippen molar-refractivity contribution in [2.75, 3.05) is 0 Å². The largest absolute Gasteiger partial charge is 0.142 e. The molecule has 0 atom stereocenters. The Labute approximate surface area is 43.9 Å². The van der Waals surface area contributed by atoms with E-state index in [0.29, 0.717) is 0 Å². The molecule has 0 bridgehead atoms. The SMILES string of the molecule is [C]#CC(C#C)C#C. The first-order valence-corrected chi connectivity index (χ1v) is 1.69. The summed E-state index contributed by atoms with van der Waals surface area (Å²) in [5, 5.41) is 0. The Morgan fingerprint density at radius 3 is 1.71 bits per heavy atom. The molecule has 0 aliphatic rings. The van der Waals surface area contributed by atoms with Crippen molar-refractivity contribution in [2.24, 2.45) is 5.92 Å². The summed E-state index contributed by atoms with van der Waals surface area (Å²) < 4.78 is 0. The van der Waals surface area contributed by atoms with Crippen molar-refractivity contribution < 1.29 is 0 Å². The third kappa shape index (κ3) is 1.53. The second-order valence-corrected chi connectivity index (χ2v) is 0.911. The highest BCUT2D eigenvalue weighted by Crippen LogP contribution is 1.83. The van der Waals surface area contributed by atoms with E-state index in [9.17, 15) is 0 Å². The quantitative estimate of drug-likeness (QED) is 0.376. The highest BCUT2D eigenvalue weighted by atomic mass is 13.8. The van der Waals surface area contributed by atoms with Crippen LogP contribution in [0.4, 0.5) is 0 Å². The first kappa shape index (κ1) is 5.68. The van der Waals surface area contributed by atoms with Gasteiger partial charge >= 0.3 is 0 Å². The van der Waals surface area contributed by atoms with Crippen molar-refractivity contribution in [3.63, 3.8) is 0 Å². The molecule has 0 unspecified atom stereocenters. The van der Waals surface area contributed by atoms with Crippen molar-refractivity contribution >= 4 is 0 Å². The molecule has 1 radical (unpaired) electrons. The van der Waals surface area contributed by atoms with Crippen LogP contribution in [0.5, 0.6) is 0 Å². The standard InChI is InChI=1S/C7H3/c1-4-7(5-2)6-3/h1-2,7H. The Hall–Kier alpha value is -1.32. The molecule has 0 aliphatic heterocycles. The molecule has 0 heterocycles. The summed E-state index contributed by atoms with van der Waals surface area (Å²) in [7, 11) is 0. The Morgan fingerprint density at radius 2 is 1.71 bits per heavy atom. The van der Waals surface area contributed by atoms with Crippen molar-refractivity contribution in [1.29, 1.82) is 0 Å². The van der Waals surface area contributed by atoms with Crippen LogP contribution in [0.2, 0.25) is 0 Å². The second kappa shape index (κ2) is 2.89. The molecule has 7 heavy (non-hydrogen) atoms. The molecule has 0 N–H and O–H groups in total. The van der Waals surface area contributed by atoms with Gasteiger partial charge in [0.15, 0.2) is 0 Å². The fourth-order valence-electron chi connectivity index (χ4n) is 0.131. The lowest BCUT2D eigenvalue weighted by Crippen LogP contribution is -1.82. The van der Waals surface area contributed by atoms with Gasteiger partial charge in [0.05, 0.1) is 0 Å². The molecule has 0 aromatic heterocycles. The van der Waals surface area contributed by atoms with Gasteiger partial charge in [0.25, 0.3) is 0 Å². The van der Waals surface area contributed by atoms with Crippen LogP contribution in [0.3, 0.4) is 0 Å². The van der Waals surface area contributed by atoms with Gasteiger partial charge in [-0.25, -0.2) is 0 Å². The van der Waals surface area contributed by atoms with Gasteiger partial charge in [-0.1, -0.05) is 17.8 Å². The van der Waals surface area contributed by atoms with Crippen molar-refractivity contribution in [1.82, 2.24) is 0 Å². The second-order valence-electron chi connectivity index (χ2n) is 0.911. The average molecular weight is 87.1 g/mol. The fraction of sp³-hybridized carbons (Fsp3) is 0.143. The van der Waals surface area contributed by atoms with E-state index >= 15 is 0 Å². The normalized spacial score (nSPS) is 6.00. The summed E-state index contributed by atoms with van der Waals surface area (Å²) in [5.74, 6) is 5.77. The fourth-order valence-corrected chi connectivity index (χ4v) is 0.131. The highest BCUT2D eigenvalue weighted by molar-refractivity contribution is 5.20. The number of terminal acetylenes is 2. The maximum absolute atomic E-state index is 6.42. The molecule has 0 saturated heterocycles. The third-order valence-electron chi connectivity index (χ3n) is 0.478. The monoisotopic (exact) mass is 87.0 g/mol. The molecular weight excluding hydrogens is 84.1 g/mol. The highest BCUT2D eigenvalue weighted by Gasteiger charge is 1.86. The van der Waals surface area contributed by atoms with Crippen LogP contribution < -0.4 is 0 Å². The topological polar surface area (TPSA) is 0 Å². The molecule has 0 spiro atoms. The molecule has 0 heteroatoms. The zero-order valence-electron chi connectivity index (χ0n) is 3.73. The Balaban J connectivity index is 3.82. The summed E-state index contributed by atoms with van der Waals surface area (Å²) in [6, 6.07) is 0. The molecule has 0 fully saturated rings. The Kier molecular flexibility index (Phi) is 2.35. The smallest absolute Gasteiger partial charge is 0.118 e. The average Bonchev–Trinajstić information content (AvgIpc) is 1.72. The van der Waals surface area contributed by atoms with Crippen molar-refractivity contribution in [3.05, 3.63) is 6.42 Å². The summed E-state index contributed by atoms with van der Waals surface area (Å²) >= 11 is 0. The predicted molar refractivity (Wildman–Crippen MR) is 28.3 cm³/mol. The molecule has 0 aliphatic carbocycles. The first-order chi connectivity index (χ1) is 3.35. The molecular formula is C7H3. The molecule has 0 nitrogen and oxygen atoms in total. The van der Waals surface area contributed by atoms with Crippen LogP contribution in [-0.4, -0.2) is 0 Å². The lowest BCUT2D eigenvalue weighted by molar-refractivity contribution is 1.24. The zero-order chi connectivity index (χ0) is 5.70. The molecule has 0 aromatic rings. The van der Waals surface area contributed by atoms with Crippen LogP contribution in [0.15, 0.2) is 0 Å². The maximum Gasteiger partial charge on any atom is 0.142 e. The van der Waals surface area contributed by atoms with Crippen LogP contribution in [-0.2, 0) is 0 Å². The number of rotatable bonds is 0. The van der Waals surface area contributed by atoms with Gasteiger partial charge in [-0.15, -0.1) is 12.8 Å². The van der Waals surface area contributed by atoms with Crippen molar-refractivity contribution in [3.8, 4) is 30.6 Å². The Morgan fingerprint density at radius 1 is 1.29 bits per heavy atom. The van der Waals surface area contributed by atoms with E-state index in [1.54, 1.807) is 0 Å². The van der Waals surface area contributed by atoms with E-state index in [-0.39, 0.29) is 0 Å². The van der Waals surface area contributed by atoms with Crippen molar-refractivity contribution in [2.45, 2.75) is 0 Å². The van der Waals surface area contributed by atoms with E-state index in [4.69, 9.17) is 19.3 Å². The molecule has 0 rings (SSSR count). The van der Waals surface area contributed by atoms with E-state index in [0.717, 1.165) is 0 Å². The summed E-state index contributed by atoms with van der Waals surface area (Å²) in [4.78, 5) is 0. The van der Waals surface area contributed by atoms with Gasteiger partial charge in [-0.05, 0) is 6.42 Å². The van der Waals surface area contributed by atoms with Crippen LogP contribution in [0.1, 0.15) is 0 Å².